The number of aliphatic hydroxyl groups excluding tert-OH is 1. The van der Waals surface area contributed by atoms with E-state index in [0.29, 0.717) is 6.04 Å². The van der Waals surface area contributed by atoms with Crippen LogP contribution in [-0.2, 0) is 6.42 Å². The molecule has 1 aromatic rings. The van der Waals surface area contributed by atoms with Gasteiger partial charge in [0, 0.05) is 18.7 Å². The van der Waals surface area contributed by atoms with Gasteiger partial charge in [-0.3, -0.25) is 0 Å². The summed E-state index contributed by atoms with van der Waals surface area (Å²) in [4.78, 5) is 7.82. The third kappa shape index (κ3) is 2.81. The van der Waals surface area contributed by atoms with E-state index in [1.54, 1.807) is 18.3 Å². The lowest BCUT2D eigenvalue weighted by Crippen LogP contribution is -2.37. The quantitative estimate of drug-likeness (QED) is 0.880. The molecule has 90 valence electrons. The molecular formula is C12H20N2OS. The molecular weight excluding hydrogens is 220 g/mol. The monoisotopic (exact) mass is 240 g/mol. The van der Waals surface area contributed by atoms with Crippen LogP contribution in [0.1, 0.15) is 42.2 Å². The number of nitrogens with zero attached hydrogens (tertiary/aromatic N) is 2. The number of aliphatic hydroxyl groups is 1. The average molecular weight is 240 g/mol. The second kappa shape index (κ2) is 5.25. The highest BCUT2D eigenvalue weighted by molar-refractivity contribution is 7.11. The SMILES string of the molecule is CC(O)c1cnc(CC2CCCCN2C)s1. The number of hydrogen-bond donors (Lipinski definition) is 1. The predicted molar refractivity (Wildman–Crippen MR) is 66.7 cm³/mol. The van der Waals surface area contributed by atoms with Crippen LogP contribution >= 0.6 is 11.3 Å². The van der Waals surface area contributed by atoms with Crippen LogP contribution in [0.5, 0.6) is 0 Å². The van der Waals surface area contributed by atoms with E-state index in [9.17, 15) is 5.11 Å². The first-order valence-electron chi connectivity index (χ1n) is 5.99. The number of hydrogen-bond acceptors (Lipinski definition) is 4. The van der Waals surface area contributed by atoms with Crippen LogP contribution in [-0.4, -0.2) is 34.6 Å². The molecule has 1 fully saturated rings. The maximum absolute atomic E-state index is 9.45. The normalized spacial score (nSPS) is 24.6. The Kier molecular flexibility index (Phi) is 3.95. The van der Waals surface area contributed by atoms with E-state index < -0.39 is 0 Å². The van der Waals surface area contributed by atoms with Gasteiger partial charge in [-0.1, -0.05) is 6.42 Å². The topological polar surface area (TPSA) is 36.4 Å². The molecule has 0 aromatic carbocycles. The first-order valence-corrected chi connectivity index (χ1v) is 6.81. The predicted octanol–water partition coefficient (Wildman–Crippen LogP) is 2.22. The van der Waals surface area contributed by atoms with E-state index in [4.69, 9.17) is 0 Å². The van der Waals surface area contributed by atoms with E-state index in [0.717, 1.165) is 16.3 Å². The Morgan fingerprint density at radius 1 is 1.62 bits per heavy atom. The zero-order valence-corrected chi connectivity index (χ0v) is 10.8. The van der Waals surface area contributed by atoms with Crippen molar-refractivity contribution in [1.82, 2.24) is 9.88 Å². The summed E-state index contributed by atoms with van der Waals surface area (Å²) in [6.45, 7) is 3.00. The van der Waals surface area contributed by atoms with Crippen LogP contribution in [0, 0.1) is 0 Å². The van der Waals surface area contributed by atoms with E-state index in [1.807, 2.05) is 6.20 Å². The van der Waals surface area contributed by atoms with Gasteiger partial charge < -0.3 is 10.0 Å². The molecule has 1 saturated heterocycles. The Morgan fingerprint density at radius 3 is 3.06 bits per heavy atom. The smallest absolute Gasteiger partial charge is 0.0944 e. The number of likely N-dealkylation sites (tertiary alicyclic amines) is 1. The molecule has 1 aliphatic heterocycles. The number of aromatic nitrogens is 1. The molecule has 0 aliphatic carbocycles. The van der Waals surface area contributed by atoms with Gasteiger partial charge in [-0.25, -0.2) is 4.98 Å². The summed E-state index contributed by atoms with van der Waals surface area (Å²) in [5, 5.41) is 10.6. The highest BCUT2D eigenvalue weighted by Gasteiger charge is 2.20. The van der Waals surface area contributed by atoms with Gasteiger partial charge in [-0.05, 0) is 33.4 Å². The maximum Gasteiger partial charge on any atom is 0.0944 e. The zero-order chi connectivity index (χ0) is 11.5. The summed E-state index contributed by atoms with van der Waals surface area (Å²) >= 11 is 1.65. The molecule has 0 radical (unpaired) electrons. The number of piperidine rings is 1. The van der Waals surface area contributed by atoms with Gasteiger partial charge in [-0.15, -0.1) is 11.3 Å². The van der Waals surface area contributed by atoms with Crippen LogP contribution in [0.4, 0.5) is 0 Å². The van der Waals surface area contributed by atoms with E-state index >= 15 is 0 Å². The Balaban J connectivity index is 1.97. The number of thiazole rings is 1. The fourth-order valence-electron chi connectivity index (χ4n) is 2.22. The van der Waals surface area contributed by atoms with E-state index in [-0.39, 0.29) is 6.10 Å². The van der Waals surface area contributed by atoms with Crippen molar-refractivity contribution in [2.24, 2.45) is 0 Å². The average Bonchev–Trinajstić information content (AvgIpc) is 2.70. The van der Waals surface area contributed by atoms with Gasteiger partial charge in [0.25, 0.3) is 0 Å². The van der Waals surface area contributed by atoms with Crippen LogP contribution in [0.15, 0.2) is 6.20 Å². The summed E-state index contributed by atoms with van der Waals surface area (Å²) in [7, 11) is 2.20. The van der Waals surface area contributed by atoms with E-state index in [2.05, 4.69) is 16.9 Å². The second-order valence-corrected chi connectivity index (χ2v) is 5.81. The molecule has 1 aromatic heterocycles. The van der Waals surface area contributed by atoms with Crippen molar-refractivity contribution >= 4 is 11.3 Å². The molecule has 16 heavy (non-hydrogen) atoms. The van der Waals surface area contributed by atoms with Crippen molar-refractivity contribution in [3.05, 3.63) is 16.1 Å². The van der Waals surface area contributed by atoms with E-state index in [1.165, 1.54) is 25.8 Å². The number of likely N-dealkylation sites (N-methyl/N-ethyl adjacent to an activating group) is 1. The molecule has 2 heterocycles. The van der Waals surface area contributed by atoms with Crippen molar-refractivity contribution in [1.29, 1.82) is 0 Å². The Labute approximate surface area is 101 Å². The summed E-state index contributed by atoms with van der Waals surface area (Å²) < 4.78 is 0. The standard InChI is InChI=1S/C12H20N2OS/c1-9(15)11-8-13-12(16-11)7-10-5-3-4-6-14(10)2/h8-10,15H,3-7H2,1-2H3. The van der Waals surface area contributed by atoms with Gasteiger partial charge in [-0.2, -0.15) is 0 Å². The molecule has 3 nitrogen and oxygen atoms in total. The van der Waals surface area contributed by atoms with Crippen molar-refractivity contribution in [2.75, 3.05) is 13.6 Å². The minimum Gasteiger partial charge on any atom is -0.388 e. The van der Waals surface area contributed by atoms with Crippen LogP contribution in [0.3, 0.4) is 0 Å². The fourth-order valence-corrected chi connectivity index (χ4v) is 3.14. The van der Waals surface area contributed by atoms with Crippen molar-refractivity contribution < 1.29 is 5.11 Å². The van der Waals surface area contributed by atoms with Crippen LogP contribution in [0.25, 0.3) is 0 Å². The molecule has 1 aliphatic rings. The molecule has 0 saturated carbocycles. The third-order valence-corrected chi connectivity index (χ3v) is 4.50. The zero-order valence-electron chi connectivity index (χ0n) is 10.0. The highest BCUT2D eigenvalue weighted by Crippen LogP contribution is 2.24. The maximum atomic E-state index is 9.45. The first kappa shape index (κ1) is 12.0. The molecule has 0 bridgehead atoms. The molecule has 0 amide bonds. The van der Waals surface area contributed by atoms with Crippen molar-refractivity contribution in [2.45, 2.75) is 44.8 Å². The minimum absolute atomic E-state index is 0.379. The third-order valence-electron chi connectivity index (χ3n) is 3.31. The Morgan fingerprint density at radius 2 is 2.44 bits per heavy atom. The highest BCUT2D eigenvalue weighted by atomic mass is 32.1. The fraction of sp³-hybridized carbons (Fsp3) is 0.750. The molecule has 2 atom stereocenters. The summed E-state index contributed by atoms with van der Waals surface area (Å²) in [6, 6.07) is 0.641. The Hall–Kier alpha value is -0.450. The van der Waals surface area contributed by atoms with Crippen molar-refractivity contribution in [3.63, 3.8) is 0 Å². The summed E-state index contributed by atoms with van der Waals surface area (Å²) in [5.74, 6) is 0. The lowest BCUT2D eigenvalue weighted by molar-refractivity contribution is 0.184. The van der Waals surface area contributed by atoms with Crippen LogP contribution in [0.2, 0.25) is 0 Å². The molecule has 2 unspecified atom stereocenters. The van der Waals surface area contributed by atoms with Gasteiger partial charge in [0.1, 0.15) is 0 Å². The largest absolute Gasteiger partial charge is 0.388 e. The molecule has 2 rings (SSSR count). The number of rotatable bonds is 3. The molecule has 1 N–H and O–H groups in total. The molecule has 4 heteroatoms. The lowest BCUT2D eigenvalue weighted by atomic mass is 10.0. The van der Waals surface area contributed by atoms with Gasteiger partial charge >= 0.3 is 0 Å². The van der Waals surface area contributed by atoms with Crippen molar-refractivity contribution in [3.8, 4) is 0 Å². The minimum atomic E-state index is -0.379. The van der Waals surface area contributed by atoms with Gasteiger partial charge in [0.05, 0.1) is 16.0 Å². The van der Waals surface area contributed by atoms with Gasteiger partial charge in [0.2, 0.25) is 0 Å². The molecule has 0 spiro atoms. The first-order chi connectivity index (χ1) is 7.66. The summed E-state index contributed by atoms with van der Waals surface area (Å²) in [6.07, 6.45) is 6.41. The Bertz CT molecular complexity index is 338. The summed E-state index contributed by atoms with van der Waals surface area (Å²) in [5.41, 5.74) is 0. The van der Waals surface area contributed by atoms with Crippen LogP contribution < -0.4 is 0 Å². The lowest BCUT2D eigenvalue weighted by Gasteiger charge is -2.31. The van der Waals surface area contributed by atoms with Gasteiger partial charge in [0.15, 0.2) is 0 Å². The second-order valence-electron chi connectivity index (χ2n) is 4.67.